The highest BCUT2D eigenvalue weighted by Crippen LogP contribution is 2.40. The van der Waals surface area contributed by atoms with Crippen LogP contribution < -0.4 is 0 Å². The number of hydrogen-bond acceptors (Lipinski definition) is 1. The molecule has 0 N–H and O–H groups in total. The van der Waals surface area contributed by atoms with Crippen molar-refractivity contribution in [3.63, 3.8) is 0 Å². The highest BCUT2D eigenvalue weighted by molar-refractivity contribution is 6.07. The second-order valence-electron chi connectivity index (χ2n) is 11.8. The van der Waals surface area contributed by atoms with Gasteiger partial charge in [0, 0.05) is 16.6 Å². The van der Waals surface area contributed by atoms with Gasteiger partial charge in [0.1, 0.15) is 5.65 Å². The number of imidazole rings is 1. The first-order chi connectivity index (χ1) is 21.2. The topological polar surface area (TPSA) is 17.3 Å². The first-order valence-corrected chi connectivity index (χ1v) is 15.8. The Morgan fingerprint density at radius 3 is 2.09 bits per heavy atom. The van der Waals surface area contributed by atoms with Gasteiger partial charge in [0.15, 0.2) is 0 Å². The Morgan fingerprint density at radius 2 is 1.30 bits per heavy atom. The normalized spacial score (nSPS) is 11.6. The quantitative estimate of drug-likeness (QED) is 0.181. The fourth-order valence-electron chi connectivity index (χ4n) is 6.67. The van der Waals surface area contributed by atoms with Crippen LogP contribution in [0.1, 0.15) is 49.9 Å². The molecule has 43 heavy (non-hydrogen) atoms. The average molecular weight is 559 g/mol. The molecule has 7 rings (SSSR count). The Kier molecular flexibility index (Phi) is 7.28. The molecule has 0 atom stereocenters. The van der Waals surface area contributed by atoms with Gasteiger partial charge in [-0.25, -0.2) is 4.98 Å². The number of rotatable bonds is 8. The molecule has 212 valence electrons. The van der Waals surface area contributed by atoms with Crippen molar-refractivity contribution in [3.8, 4) is 33.4 Å². The molecule has 0 aliphatic heterocycles. The third kappa shape index (κ3) is 4.91. The summed E-state index contributed by atoms with van der Waals surface area (Å²) < 4.78 is 2.44. The first-order valence-electron chi connectivity index (χ1n) is 15.8. The van der Waals surface area contributed by atoms with Crippen LogP contribution >= 0.6 is 0 Å². The maximum absolute atomic E-state index is 5.15. The van der Waals surface area contributed by atoms with Crippen LogP contribution in [0.15, 0.2) is 115 Å². The second kappa shape index (κ2) is 11.5. The summed E-state index contributed by atoms with van der Waals surface area (Å²) in [7, 11) is 0. The van der Waals surface area contributed by atoms with Crippen molar-refractivity contribution in [3.05, 3.63) is 132 Å². The Morgan fingerprint density at radius 1 is 0.605 bits per heavy atom. The van der Waals surface area contributed by atoms with E-state index in [9.17, 15) is 0 Å². The van der Waals surface area contributed by atoms with Gasteiger partial charge in [-0.1, -0.05) is 118 Å². The van der Waals surface area contributed by atoms with Crippen LogP contribution in [0.25, 0.3) is 60.8 Å². The molecule has 0 radical (unpaired) electrons. The van der Waals surface area contributed by atoms with Crippen molar-refractivity contribution >= 4 is 27.5 Å². The maximum Gasteiger partial charge on any atom is 0.146 e. The summed E-state index contributed by atoms with van der Waals surface area (Å²) in [6, 6.07) is 42.4. The molecule has 5 aromatic carbocycles. The molecule has 0 saturated carbocycles. The molecule has 0 aliphatic rings. The minimum Gasteiger partial charge on any atom is -0.295 e. The van der Waals surface area contributed by atoms with Gasteiger partial charge >= 0.3 is 0 Å². The second-order valence-corrected chi connectivity index (χ2v) is 11.8. The molecular weight excluding hydrogens is 520 g/mol. The van der Waals surface area contributed by atoms with Gasteiger partial charge in [-0.3, -0.25) is 4.40 Å². The van der Waals surface area contributed by atoms with Gasteiger partial charge in [0.05, 0.1) is 11.0 Å². The van der Waals surface area contributed by atoms with Gasteiger partial charge in [-0.05, 0) is 94.8 Å². The maximum atomic E-state index is 5.15. The summed E-state index contributed by atoms with van der Waals surface area (Å²) in [5.74, 6) is 0. The number of aryl methyl sites for hydroxylation is 3. The van der Waals surface area contributed by atoms with Crippen LogP contribution in [0.4, 0.5) is 0 Å². The van der Waals surface area contributed by atoms with Crippen molar-refractivity contribution in [1.82, 2.24) is 9.38 Å². The van der Waals surface area contributed by atoms with E-state index in [1.165, 1.54) is 66.5 Å². The third-order valence-corrected chi connectivity index (χ3v) is 8.83. The molecule has 0 bridgehead atoms. The molecule has 0 amide bonds. The molecule has 2 heteroatoms. The fourth-order valence-corrected chi connectivity index (χ4v) is 6.67. The first kappa shape index (κ1) is 27.2. The predicted molar refractivity (Wildman–Crippen MR) is 184 cm³/mol. The fraction of sp³-hybridized carbons (Fsp3) is 0.195. The van der Waals surface area contributed by atoms with Crippen LogP contribution in [0.2, 0.25) is 0 Å². The molecule has 2 heterocycles. The van der Waals surface area contributed by atoms with E-state index in [2.05, 4.69) is 140 Å². The van der Waals surface area contributed by atoms with Gasteiger partial charge in [-0.15, -0.1) is 0 Å². The lowest BCUT2D eigenvalue weighted by atomic mass is 9.89. The molecule has 2 aromatic heterocycles. The number of pyridine rings is 1. The zero-order chi connectivity index (χ0) is 29.3. The summed E-state index contributed by atoms with van der Waals surface area (Å²) in [5, 5.41) is 2.48. The number of hydrogen-bond donors (Lipinski definition) is 0. The lowest BCUT2D eigenvalue weighted by molar-refractivity contribution is 0.773. The smallest absolute Gasteiger partial charge is 0.146 e. The minimum atomic E-state index is 1.00. The molecule has 0 aliphatic carbocycles. The summed E-state index contributed by atoms with van der Waals surface area (Å²) in [6.07, 6.45) is 5.54. The van der Waals surface area contributed by atoms with Crippen molar-refractivity contribution in [2.24, 2.45) is 0 Å². The van der Waals surface area contributed by atoms with Gasteiger partial charge < -0.3 is 0 Å². The van der Waals surface area contributed by atoms with E-state index in [1.54, 1.807) is 0 Å². The van der Waals surface area contributed by atoms with Crippen molar-refractivity contribution < 1.29 is 0 Å². The average Bonchev–Trinajstić information content (AvgIpc) is 3.44. The molecule has 7 aromatic rings. The Hall–Kier alpha value is -4.69. The van der Waals surface area contributed by atoms with Gasteiger partial charge in [0.25, 0.3) is 0 Å². The largest absolute Gasteiger partial charge is 0.295 e. The van der Waals surface area contributed by atoms with E-state index >= 15 is 0 Å². The SMILES string of the molecule is CCCCc1c(-c2cc(-c3cccc(-c4cccc(CCC)c4)c3)ccc2C)c2ccccc2c2nc3ccccc3n12. The number of nitrogens with zero attached hydrogens (tertiary/aromatic N) is 2. The van der Waals surface area contributed by atoms with Crippen molar-refractivity contribution in [2.75, 3.05) is 0 Å². The van der Waals surface area contributed by atoms with E-state index in [0.29, 0.717) is 0 Å². The Labute approximate surface area is 254 Å². The molecule has 0 unspecified atom stereocenters. The lowest BCUT2D eigenvalue weighted by Crippen LogP contribution is -2.04. The van der Waals surface area contributed by atoms with Crippen LogP contribution in [0.3, 0.4) is 0 Å². The number of fused-ring (bicyclic) bond motifs is 5. The lowest BCUT2D eigenvalue weighted by Gasteiger charge is -2.19. The van der Waals surface area contributed by atoms with Crippen molar-refractivity contribution in [2.45, 2.75) is 52.9 Å². The third-order valence-electron chi connectivity index (χ3n) is 8.83. The number of aromatic nitrogens is 2. The van der Waals surface area contributed by atoms with Crippen LogP contribution in [0.5, 0.6) is 0 Å². The summed E-state index contributed by atoms with van der Waals surface area (Å²) in [4.78, 5) is 5.15. The van der Waals surface area contributed by atoms with Gasteiger partial charge in [0.2, 0.25) is 0 Å². The zero-order valence-corrected chi connectivity index (χ0v) is 25.4. The molecule has 0 spiro atoms. The van der Waals surface area contributed by atoms with Crippen LogP contribution in [-0.2, 0) is 12.8 Å². The van der Waals surface area contributed by atoms with E-state index in [1.807, 2.05) is 0 Å². The van der Waals surface area contributed by atoms with E-state index < -0.39 is 0 Å². The number of unbranched alkanes of at least 4 members (excludes halogenated alkanes) is 1. The van der Waals surface area contributed by atoms with E-state index in [0.717, 1.165) is 43.3 Å². The predicted octanol–water partition coefficient (Wildman–Crippen LogP) is 11.2. The summed E-state index contributed by atoms with van der Waals surface area (Å²) >= 11 is 0. The zero-order valence-electron chi connectivity index (χ0n) is 25.4. The van der Waals surface area contributed by atoms with Crippen LogP contribution in [0, 0.1) is 6.92 Å². The molecular formula is C41H38N2. The Balaban J connectivity index is 1.45. The number of para-hydroxylation sites is 2. The van der Waals surface area contributed by atoms with Crippen molar-refractivity contribution in [1.29, 1.82) is 0 Å². The number of benzene rings is 5. The van der Waals surface area contributed by atoms with Gasteiger partial charge in [-0.2, -0.15) is 0 Å². The summed E-state index contributed by atoms with van der Waals surface area (Å²) in [5.41, 5.74) is 15.0. The molecule has 2 nitrogen and oxygen atoms in total. The molecule has 0 fully saturated rings. The highest BCUT2D eigenvalue weighted by Gasteiger charge is 2.20. The standard InChI is InChI=1S/C41H38N2/c1-4-6-21-39-40(34-18-7-8-19-35(34)41-42-37-20-9-10-22-38(37)43(39)41)36-27-33(24-23-28(36)3)32-17-12-16-31(26-32)30-15-11-14-29(25-30)13-5-2/h7-12,14-20,22-27H,4-6,13,21H2,1-3H3. The monoisotopic (exact) mass is 558 g/mol. The molecule has 0 saturated heterocycles. The minimum absolute atomic E-state index is 1.00. The highest BCUT2D eigenvalue weighted by atomic mass is 15.0. The van der Waals surface area contributed by atoms with Crippen LogP contribution in [-0.4, -0.2) is 9.38 Å². The van der Waals surface area contributed by atoms with E-state index in [-0.39, 0.29) is 0 Å². The Bertz CT molecular complexity index is 2100. The van der Waals surface area contributed by atoms with E-state index in [4.69, 9.17) is 4.98 Å². The summed E-state index contributed by atoms with van der Waals surface area (Å²) in [6.45, 7) is 6.77.